The summed E-state index contributed by atoms with van der Waals surface area (Å²) < 4.78 is 4.92. The molecule has 20 heavy (non-hydrogen) atoms. The molecule has 2 heterocycles. The Kier molecular flexibility index (Phi) is 3.15. The van der Waals surface area contributed by atoms with E-state index in [1.54, 1.807) is 24.4 Å². The molecule has 0 bridgehead atoms. The van der Waals surface area contributed by atoms with Crippen molar-refractivity contribution in [3.05, 3.63) is 54.8 Å². The minimum atomic E-state index is -0.469. The van der Waals surface area contributed by atoms with Gasteiger partial charge in [-0.25, -0.2) is 9.97 Å². The van der Waals surface area contributed by atoms with E-state index in [2.05, 4.69) is 25.4 Å². The highest BCUT2D eigenvalue weighted by molar-refractivity contribution is 6.01. The van der Waals surface area contributed by atoms with E-state index in [1.807, 2.05) is 18.2 Å². The number of anilines is 1. The summed E-state index contributed by atoms with van der Waals surface area (Å²) in [7, 11) is 0. The van der Waals surface area contributed by atoms with Crippen LogP contribution in [0.3, 0.4) is 0 Å². The van der Waals surface area contributed by atoms with Crippen LogP contribution in [0.5, 0.6) is 0 Å². The minimum absolute atomic E-state index is 0.123. The van der Waals surface area contributed by atoms with Gasteiger partial charge < -0.3 is 9.84 Å². The third-order valence-electron chi connectivity index (χ3n) is 2.46. The maximum atomic E-state index is 11.9. The van der Waals surface area contributed by atoms with Gasteiger partial charge in [-0.15, -0.1) is 0 Å². The molecular formula is C13H9N5O2. The number of para-hydroxylation sites is 1. The Labute approximate surface area is 113 Å². The third-order valence-corrected chi connectivity index (χ3v) is 2.46. The number of benzene rings is 1. The molecule has 2 aromatic heterocycles. The molecule has 3 rings (SSSR count). The number of aromatic nitrogens is 4. The predicted molar refractivity (Wildman–Crippen MR) is 69.7 cm³/mol. The smallest absolute Gasteiger partial charge is 0.316 e. The van der Waals surface area contributed by atoms with Crippen molar-refractivity contribution >= 4 is 11.6 Å². The molecule has 98 valence electrons. The summed E-state index contributed by atoms with van der Waals surface area (Å²) >= 11 is 0. The minimum Gasteiger partial charge on any atom is -0.328 e. The van der Waals surface area contributed by atoms with Gasteiger partial charge in [0, 0.05) is 11.9 Å². The number of hydrogen-bond donors (Lipinski definition) is 1. The number of amides is 1. The van der Waals surface area contributed by atoms with Crippen molar-refractivity contribution in [3.8, 4) is 11.5 Å². The first-order chi connectivity index (χ1) is 9.83. The average molecular weight is 267 g/mol. The second kappa shape index (κ2) is 5.27. The number of hydrogen-bond acceptors (Lipinski definition) is 6. The van der Waals surface area contributed by atoms with Crippen LogP contribution in [-0.4, -0.2) is 26.0 Å². The van der Waals surface area contributed by atoms with Gasteiger partial charge in [0.1, 0.15) is 12.0 Å². The fourth-order valence-electron chi connectivity index (χ4n) is 1.55. The zero-order chi connectivity index (χ0) is 13.8. The topological polar surface area (TPSA) is 93.8 Å². The molecule has 0 fully saturated rings. The molecule has 0 spiro atoms. The van der Waals surface area contributed by atoms with Gasteiger partial charge in [-0.1, -0.05) is 23.4 Å². The molecule has 3 aromatic rings. The van der Waals surface area contributed by atoms with Gasteiger partial charge in [0.2, 0.25) is 5.82 Å². The van der Waals surface area contributed by atoms with Crippen LogP contribution < -0.4 is 5.32 Å². The SMILES string of the molecule is O=C(Nc1ccccc1)c1nc(-c2ccncn2)no1. The highest BCUT2D eigenvalue weighted by atomic mass is 16.5. The lowest BCUT2D eigenvalue weighted by Gasteiger charge is -1.99. The van der Waals surface area contributed by atoms with E-state index in [9.17, 15) is 4.79 Å². The Morgan fingerprint density at radius 3 is 2.75 bits per heavy atom. The first kappa shape index (κ1) is 12.0. The van der Waals surface area contributed by atoms with Gasteiger partial charge in [0.05, 0.1) is 0 Å². The molecule has 0 aliphatic heterocycles. The van der Waals surface area contributed by atoms with Crippen LogP contribution in [0.4, 0.5) is 5.69 Å². The Balaban J connectivity index is 1.79. The maximum Gasteiger partial charge on any atom is 0.316 e. The summed E-state index contributed by atoms with van der Waals surface area (Å²) in [5.74, 6) is -0.350. The predicted octanol–water partition coefficient (Wildman–Crippen LogP) is 1.78. The van der Waals surface area contributed by atoms with E-state index in [-0.39, 0.29) is 11.7 Å². The number of nitrogens with one attached hydrogen (secondary N) is 1. The van der Waals surface area contributed by atoms with Crippen molar-refractivity contribution < 1.29 is 9.32 Å². The van der Waals surface area contributed by atoms with E-state index >= 15 is 0 Å². The zero-order valence-electron chi connectivity index (χ0n) is 10.2. The molecule has 7 nitrogen and oxygen atoms in total. The van der Waals surface area contributed by atoms with E-state index in [0.29, 0.717) is 11.4 Å². The normalized spacial score (nSPS) is 10.2. The number of carbonyl (C=O) groups is 1. The van der Waals surface area contributed by atoms with E-state index in [4.69, 9.17) is 4.52 Å². The summed E-state index contributed by atoms with van der Waals surface area (Å²) in [5, 5.41) is 6.37. The van der Waals surface area contributed by atoms with Gasteiger partial charge in [0.15, 0.2) is 0 Å². The fraction of sp³-hybridized carbons (Fsp3) is 0. The Morgan fingerprint density at radius 2 is 2.00 bits per heavy atom. The lowest BCUT2D eigenvalue weighted by molar-refractivity contribution is 0.0981. The molecule has 0 aliphatic rings. The van der Waals surface area contributed by atoms with Crippen LogP contribution in [0.25, 0.3) is 11.5 Å². The van der Waals surface area contributed by atoms with Gasteiger partial charge in [-0.2, -0.15) is 4.98 Å². The fourth-order valence-corrected chi connectivity index (χ4v) is 1.55. The Hall–Kier alpha value is -3.09. The first-order valence-corrected chi connectivity index (χ1v) is 5.79. The van der Waals surface area contributed by atoms with Gasteiger partial charge in [0.25, 0.3) is 0 Å². The van der Waals surface area contributed by atoms with E-state index in [1.165, 1.54) is 6.33 Å². The molecular weight excluding hydrogens is 258 g/mol. The number of rotatable bonds is 3. The largest absolute Gasteiger partial charge is 0.328 e. The van der Waals surface area contributed by atoms with Crippen molar-refractivity contribution in [1.82, 2.24) is 20.1 Å². The van der Waals surface area contributed by atoms with Crippen LogP contribution in [0, 0.1) is 0 Å². The summed E-state index contributed by atoms with van der Waals surface area (Å²) in [6.07, 6.45) is 2.93. The highest BCUT2D eigenvalue weighted by Gasteiger charge is 2.16. The standard InChI is InChI=1S/C13H9N5O2/c19-12(16-9-4-2-1-3-5-9)13-17-11(18-20-13)10-6-7-14-8-15-10/h1-8H,(H,16,19). The molecule has 0 saturated carbocycles. The molecule has 1 N–H and O–H groups in total. The molecule has 0 unspecified atom stereocenters. The van der Waals surface area contributed by atoms with Crippen molar-refractivity contribution in [3.63, 3.8) is 0 Å². The van der Waals surface area contributed by atoms with Crippen molar-refractivity contribution in [2.45, 2.75) is 0 Å². The van der Waals surface area contributed by atoms with Crippen LogP contribution in [-0.2, 0) is 0 Å². The van der Waals surface area contributed by atoms with E-state index < -0.39 is 5.91 Å². The first-order valence-electron chi connectivity index (χ1n) is 5.79. The summed E-state index contributed by atoms with van der Waals surface area (Å²) in [4.78, 5) is 23.7. The van der Waals surface area contributed by atoms with Crippen molar-refractivity contribution in [2.24, 2.45) is 0 Å². The van der Waals surface area contributed by atoms with Gasteiger partial charge >= 0.3 is 11.8 Å². The summed E-state index contributed by atoms with van der Waals surface area (Å²) in [5.41, 5.74) is 1.14. The monoisotopic (exact) mass is 267 g/mol. The van der Waals surface area contributed by atoms with E-state index in [0.717, 1.165) is 0 Å². The summed E-state index contributed by atoms with van der Waals surface area (Å²) in [6, 6.07) is 10.6. The molecule has 7 heteroatoms. The lowest BCUT2D eigenvalue weighted by atomic mass is 10.3. The van der Waals surface area contributed by atoms with Crippen molar-refractivity contribution in [1.29, 1.82) is 0 Å². The van der Waals surface area contributed by atoms with Crippen LogP contribution >= 0.6 is 0 Å². The number of nitrogens with zero attached hydrogens (tertiary/aromatic N) is 4. The molecule has 0 radical (unpaired) electrons. The maximum absolute atomic E-state index is 11.9. The zero-order valence-corrected chi connectivity index (χ0v) is 10.2. The van der Waals surface area contributed by atoms with Crippen LogP contribution in [0.2, 0.25) is 0 Å². The Bertz CT molecular complexity index is 712. The van der Waals surface area contributed by atoms with Gasteiger partial charge in [-0.3, -0.25) is 4.79 Å². The average Bonchev–Trinajstić information content (AvgIpc) is 2.99. The second-order valence-corrected chi connectivity index (χ2v) is 3.84. The third kappa shape index (κ3) is 2.51. The van der Waals surface area contributed by atoms with Crippen LogP contribution in [0.15, 0.2) is 53.4 Å². The van der Waals surface area contributed by atoms with Gasteiger partial charge in [-0.05, 0) is 18.2 Å². The lowest BCUT2D eigenvalue weighted by Crippen LogP contribution is -2.12. The molecule has 0 aliphatic carbocycles. The van der Waals surface area contributed by atoms with Crippen molar-refractivity contribution in [2.75, 3.05) is 5.32 Å². The molecule has 1 aromatic carbocycles. The molecule has 1 amide bonds. The summed E-state index contributed by atoms with van der Waals surface area (Å²) in [6.45, 7) is 0. The quantitative estimate of drug-likeness (QED) is 0.777. The Morgan fingerprint density at radius 1 is 1.15 bits per heavy atom. The highest BCUT2D eigenvalue weighted by Crippen LogP contribution is 2.12. The molecule has 0 saturated heterocycles. The molecule has 0 atom stereocenters. The second-order valence-electron chi connectivity index (χ2n) is 3.84. The number of carbonyl (C=O) groups excluding carboxylic acids is 1. The van der Waals surface area contributed by atoms with Crippen LogP contribution in [0.1, 0.15) is 10.7 Å².